The molecule has 108 valence electrons. The molecule has 0 radical (unpaired) electrons. The molecule has 2 aromatic heterocycles. The van der Waals surface area contributed by atoms with Crippen LogP contribution in [-0.2, 0) is 12.8 Å². The summed E-state index contributed by atoms with van der Waals surface area (Å²) >= 11 is 1.61. The Bertz CT molecular complexity index is 513. The van der Waals surface area contributed by atoms with E-state index in [0.29, 0.717) is 5.92 Å². The quantitative estimate of drug-likeness (QED) is 0.918. The van der Waals surface area contributed by atoms with E-state index in [1.54, 1.807) is 11.5 Å². The summed E-state index contributed by atoms with van der Waals surface area (Å²) in [6, 6.07) is 2.12. The Labute approximate surface area is 123 Å². The molecule has 5 nitrogen and oxygen atoms in total. The molecule has 1 saturated heterocycles. The largest absolute Gasteiger partial charge is 0.303 e. The van der Waals surface area contributed by atoms with E-state index in [0.717, 1.165) is 44.1 Å². The summed E-state index contributed by atoms with van der Waals surface area (Å²) in [5.74, 6) is 2.56. The van der Waals surface area contributed by atoms with E-state index in [9.17, 15) is 0 Å². The first-order valence-electron chi connectivity index (χ1n) is 7.38. The lowest BCUT2D eigenvalue weighted by molar-refractivity contribution is 0.212. The zero-order valence-corrected chi connectivity index (χ0v) is 12.7. The van der Waals surface area contributed by atoms with Crippen LogP contribution in [0, 0.1) is 0 Å². The van der Waals surface area contributed by atoms with E-state index < -0.39 is 0 Å². The molecule has 0 bridgehead atoms. The van der Waals surface area contributed by atoms with Crippen molar-refractivity contribution >= 4 is 11.5 Å². The minimum Gasteiger partial charge on any atom is -0.303 e. The van der Waals surface area contributed by atoms with Crippen molar-refractivity contribution in [3.05, 3.63) is 28.8 Å². The van der Waals surface area contributed by atoms with Crippen molar-refractivity contribution in [2.24, 2.45) is 0 Å². The van der Waals surface area contributed by atoms with Crippen LogP contribution < -0.4 is 0 Å². The maximum Gasteiger partial charge on any atom is 0.153 e. The number of hydrogen-bond donors (Lipinski definition) is 1. The lowest BCUT2D eigenvalue weighted by Crippen LogP contribution is -2.34. The topological polar surface area (TPSA) is 57.7 Å². The lowest BCUT2D eigenvalue weighted by Gasteiger charge is -2.30. The van der Waals surface area contributed by atoms with Crippen molar-refractivity contribution in [2.75, 3.05) is 19.6 Å². The Morgan fingerprint density at radius 2 is 2.25 bits per heavy atom. The molecule has 0 atom stereocenters. The summed E-state index contributed by atoms with van der Waals surface area (Å²) in [4.78, 5) is 8.50. The maximum absolute atomic E-state index is 4.57. The van der Waals surface area contributed by atoms with Gasteiger partial charge in [-0.1, -0.05) is 6.92 Å². The first kappa shape index (κ1) is 13.7. The standard InChI is InChI=1S/C14H21N5S/c1-2-13-16-14(18-17-13)11-4-8-19(9-5-11)10-6-12-3-7-15-20-12/h3,7,11H,2,4-6,8-10H2,1H3,(H,16,17,18). The summed E-state index contributed by atoms with van der Waals surface area (Å²) < 4.78 is 4.15. The Balaban J connectivity index is 1.46. The van der Waals surface area contributed by atoms with Crippen LogP contribution in [0.2, 0.25) is 0 Å². The molecule has 0 aliphatic carbocycles. The van der Waals surface area contributed by atoms with Gasteiger partial charge < -0.3 is 4.90 Å². The van der Waals surface area contributed by atoms with E-state index in [1.165, 1.54) is 17.7 Å². The molecule has 1 fully saturated rings. The SMILES string of the molecule is CCc1nc(C2CCN(CCc3ccns3)CC2)n[nH]1. The van der Waals surface area contributed by atoms with Crippen molar-refractivity contribution in [1.29, 1.82) is 0 Å². The van der Waals surface area contributed by atoms with E-state index in [-0.39, 0.29) is 0 Å². The Morgan fingerprint density at radius 3 is 2.90 bits per heavy atom. The van der Waals surface area contributed by atoms with Gasteiger partial charge in [0.15, 0.2) is 5.82 Å². The van der Waals surface area contributed by atoms with Crippen molar-refractivity contribution < 1.29 is 0 Å². The van der Waals surface area contributed by atoms with Crippen LogP contribution in [0.4, 0.5) is 0 Å². The highest BCUT2D eigenvalue weighted by molar-refractivity contribution is 7.05. The molecule has 1 N–H and O–H groups in total. The molecule has 0 saturated carbocycles. The number of aromatic nitrogens is 4. The highest BCUT2D eigenvalue weighted by Gasteiger charge is 2.23. The lowest BCUT2D eigenvalue weighted by atomic mass is 9.96. The maximum atomic E-state index is 4.57. The fraction of sp³-hybridized carbons (Fsp3) is 0.643. The first-order valence-corrected chi connectivity index (χ1v) is 8.15. The third-order valence-corrected chi connectivity index (χ3v) is 4.80. The number of H-pyrrole nitrogens is 1. The van der Waals surface area contributed by atoms with Gasteiger partial charge in [0.05, 0.1) is 0 Å². The number of likely N-dealkylation sites (tertiary alicyclic amines) is 1. The molecule has 0 spiro atoms. The normalized spacial score (nSPS) is 17.6. The van der Waals surface area contributed by atoms with Gasteiger partial charge in [0.25, 0.3) is 0 Å². The molecule has 0 amide bonds. The zero-order valence-electron chi connectivity index (χ0n) is 11.9. The second-order valence-corrected chi connectivity index (χ2v) is 6.26. The molecule has 20 heavy (non-hydrogen) atoms. The molecule has 1 aliphatic heterocycles. The predicted octanol–water partition coefficient (Wildman–Crippen LogP) is 2.25. The minimum absolute atomic E-state index is 0.534. The van der Waals surface area contributed by atoms with Crippen LogP contribution in [-0.4, -0.2) is 44.1 Å². The molecular weight excluding hydrogens is 270 g/mol. The third-order valence-electron chi connectivity index (χ3n) is 4.00. The van der Waals surface area contributed by atoms with Crippen LogP contribution in [0.3, 0.4) is 0 Å². The summed E-state index contributed by atoms with van der Waals surface area (Å²) in [6.07, 6.45) is 6.28. The zero-order chi connectivity index (χ0) is 13.8. The second kappa shape index (κ2) is 6.45. The van der Waals surface area contributed by atoms with Gasteiger partial charge >= 0.3 is 0 Å². The summed E-state index contributed by atoms with van der Waals surface area (Å²) in [7, 11) is 0. The molecule has 0 aromatic carbocycles. The van der Waals surface area contributed by atoms with Gasteiger partial charge in [-0.3, -0.25) is 5.10 Å². The van der Waals surface area contributed by atoms with Crippen molar-refractivity contribution in [3.8, 4) is 0 Å². The van der Waals surface area contributed by atoms with Gasteiger partial charge in [-0.25, -0.2) is 9.36 Å². The molecule has 3 rings (SSSR count). The second-order valence-electron chi connectivity index (χ2n) is 5.34. The number of hydrogen-bond acceptors (Lipinski definition) is 5. The number of rotatable bonds is 5. The van der Waals surface area contributed by atoms with Gasteiger partial charge in [-0.2, -0.15) is 5.10 Å². The van der Waals surface area contributed by atoms with Crippen molar-refractivity contribution in [2.45, 2.75) is 38.5 Å². The van der Waals surface area contributed by atoms with Crippen LogP contribution in [0.1, 0.15) is 42.2 Å². The average molecular weight is 291 g/mol. The fourth-order valence-corrected chi connectivity index (χ4v) is 3.27. The molecule has 1 aliphatic rings. The molecule has 2 aromatic rings. The number of nitrogens with zero attached hydrogens (tertiary/aromatic N) is 4. The number of nitrogens with one attached hydrogen (secondary N) is 1. The van der Waals surface area contributed by atoms with Crippen LogP contribution in [0.15, 0.2) is 12.3 Å². The molecular formula is C14H21N5S. The molecule has 3 heterocycles. The van der Waals surface area contributed by atoms with E-state index in [4.69, 9.17) is 0 Å². The Hall–Kier alpha value is -1.27. The van der Waals surface area contributed by atoms with Crippen LogP contribution in [0.25, 0.3) is 0 Å². The van der Waals surface area contributed by atoms with Gasteiger partial charge in [0.2, 0.25) is 0 Å². The van der Waals surface area contributed by atoms with E-state index in [2.05, 4.69) is 37.4 Å². The van der Waals surface area contributed by atoms with Gasteiger partial charge in [-0.05, 0) is 50.0 Å². The summed E-state index contributed by atoms with van der Waals surface area (Å²) in [6.45, 7) is 5.55. The predicted molar refractivity (Wildman–Crippen MR) is 80.0 cm³/mol. The monoisotopic (exact) mass is 291 g/mol. The summed E-state index contributed by atoms with van der Waals surface area (Å²) in [5.41, 5.74) is 0. The van der Waals surface area contributed by atoms with Gasteiger partial charge in [-0.15, -0.1) is 0 Å². The number of piperidine rings is 1. The van der Waals surface area contributed by atoms with Crippen molar-refractivity contribution in [3.63, 3.8) is 0 Å². The number of aryl methyl sites for hydroxylation is 1. The third kappa shape index (κ3) is 3.24. The van der Waals surface area contributed by atoms with E-state index >= 15 is 0 Å². The van der Waals surface area contributed by atoms with Crippen LogP contribution in [0.5, 0.6) is 0 Å². The Kier molecular flexibility index (Phi) is 4.42. The highest BCUT2D eigenvalue weighted by Crippen LogP contribution is 2.25. The van der Waals surface area contributed by atoms with Crippen molar-refractivity contribution in [1.82, 2.24) is 24.5 Å². The molecule has 6 heteroatoms. The smallest absolute Gasteiger partial charge is 0.153 e. The Morgan fingerprint density at radius 1 is 1.40 bits per heavy atom. The molecule has 0 unspecified atom stereocenters. The number of aromatic amines is 1. The minimum atomic E-state index is 0.534. The van der Waals surface area contributed by atoms with Crippen LogP contribution >= 0.6 is 11.5 Å². The average Bonchev–Trinajstić information content (AvgIpc) is 3.17. The highest BCUT2D eigenvalue weighted by atomic mass is 32.1. The van der Waals surface area contributed by atoms with Gasteiger partial charge in [0.1, 0.15) is 5.82 Å². The fourth-order valence-electron chi connectivity index (χ4n) is 2.70. The van der Waals surface area contributed by atoms with E-state index in [1.807, 2.05) is 6.20 Å². The van der Waals surface area contributed by atoms with Gasteiger partial charge in [0, 0.05) is 30.0 Å². The first-order chi connectivity index (χ1) is 9.85. The summed E-state index contributed by atoms with van der Waals surface area (Å²) in [5, 5.41) is 7.39.